The summed E-state index contributed by atoms with van der Waals surface area (Å²) in [5, 5.41) is 16.1. The minimum atomic E-state index is -1.83. The zero-order valence-corrected chi connectivity index (χ0v) is 32.1. The molecule has 308 valence electrons. The Bertz CT molecular complexity index is 1640. The third-order valence-electron chi connectivity index (χ3n) is 7.47. The molecule has 0 amide bonds. The molecule has 2 fully saturated rings. The van der Waals surface area contributed by atoms with Crippen molar-refractivity contribution in [3.05, 3.63) is 29.8 Å². The smallest absolute Gasteiger partial charge is 0.303 e. The molecule has 2 heterocycles. The van der Waals surface area contributed by atoms with E-state index in [1.165, 1.54) is 18.3 Å². The molecule has 0 spiro atoms. The summed E-state index contributed by atoms with van der Waals surface area (Å²) in [7, 11) is 0. The van der Waals surface area contributed by atoms with Crippen LogP contribution in [-0.2, 0) is 80.9 Å². The number of aromatic hydroxyl groups is 1. The molecule has 0 aromatic heterocycles. The molecule has 0 saturated carbocycles. The zero-order chi connectivity index (χ0) is 41.7. The summed E-state index contributed by atoms with van der Waals surface area (Å²) in [4.78, 5) is 85.9. The first-order chi connectivity index (χ1) is 26.3. The van der Waals surface area contributed by atoms with Crippen LogP contribution in [0.25, 0.3) is 0 Å². The molecule has 3 N–H and O–H groups in total. The largest absolute Gasteiger partial charge is 0.508 e. The Morgan fingerprint density at radius 2 is 1.09 bits per heavy atom. The number of phenolic OH excluding ortho intramolecular Hbond substituents is 1. The van der Waals surface area contributed by atoms with Crippen molar-refractivity contribution in [3.8, 4) is 5.75 Å². The van der Waals surface area contributed by atoms with Crippen LogP contribution in [-0.4, -0.2) is 133 Å². The van der Waals surface area contributed by atoms with E-state index in [1.807, 2.05) is 0 Å². The lowest BCUT2D eigenvalue weighted by atomic mass is 9.95. The van der Waals surface area contributed by atoms with Crippen LogP contribution in [0.5, 0.6) is 5.75 Å². The number of thiocarbonyl (C=S) groups is 1. The number of nitrogens with zero attached hydrogens (tertiary/aromatic N) is 1. The fourth-order valence-corrected chi connectivity index (χ4v) is 5.68. The molecule has 1 aromatic carbocycles. The van der Waals surface area contributed by atoms with Gasteiger partial charge in [0.15, 0.2) is 48.2 Å². The maximum Gasteiger partial charge on any atom is 0.303 e. The summed E-state index contributed by atoms with van der Waals surface area (Å²) in [5.41, 5.74) is 3.14. The van der Waals surface area contributed by atoms with Crippen molar-refractivity contribution < 1.29 is 86.0 Å². The molecule has 0 aliphatic carbocycles. The number of hydrogen-bond donors (Lipinski definition) is 3. The first kappa shape index (κ1) is 44.9. The van der Waals surface area contributed by atoms with E-state index in [4.69, 9.17) is 59.6 Å². The average Bonchev–Trinajstić information content (AvgIpc) is 3.08. The highest BCUT2D eigenvalue weighted by Crippen LogP contribution is 2.35. The lowest BCUT2D eigenvalue weighted by Crippen LogP contribution is -2.69. The van der Waals surface area contributed by atoms with Crippen molar-refractivity contribution in [2.45, 2.75) is 110 Å². The van der Waals surface area contributed by atoms with Crippen LogP contribution in [0.1, 0.15) is 54.0 Å². The van der Waals surface area contributed by atoms with E-state index < -0.39 is 116 Å². The Kier molecular flexibility index (Phi) is 16.9. The van der Waals surface area contributed by atoms with E-state index >= 15 is 0 Å². The van der Waals surface area contributed by atoms with E-state index in [2.05, 4.69) is 15.8 Å². The molecule has 56 heavy (non-hydrogen) atoms. The SMILES string of the molecule is CC(=O)OC[C@H]1O[C@@H](O[C@H]2[C@H](OC(C)=O)[C@@H](OC(C)=O)[C@H](NC(=S)N/N=C/c3ccc(O)cc3)O[C@@H]2COC(C)=O)[C@H](OC(C)=O)[C@@H](OC(C)=O)[C@H]1OC(C)=O. The van der Waals surface area contributed by atoms with Crippen molar-refractivity contribution >= 4 is 65.3 Å². The van der Waals surface area contributed by atoms with Gasteiger partial charge in [-0.25, -0.2) is 0 Å². The van der Waals surface area contributed by atoms with Gasteiger partial charge in [0, 0.05) is 48.5 Å². The number of benzene rings is 1. The van der Waals surface area contributed by atoms with Gasteiger partial charge in [-0.2, -0.15) is 5.10 Å². The maximum atomic E-state index is 12.6. The summed E-state index contributed by atoms with van der Waals surface area (Å²) >= 11 is 5.37. The third-order valence-corrected chi connectivity index (χ3v) is 7.68. The first-order valence-electron chi connectivity index (χ1n) is 16.8. The van der Waals surface area contributed by atoms with E-state index in [0.29, 0.717) is 5.56 Å². The van der Waals surface area contributed by atoms with Gasteiger partial charge in [0.05, 0.1) is 6.21 Å². The van der Waals surface area contributed by atoms with Gasteiger partial charge in [-0.1, -0.05) is 0 Å². The van der Waals surface area contributed by atoms with Crippen LogP contribution >= 0.6 is 12.2 Å². The molecule has 10 atom stereocenters. The Morgan fingerprint density at radius 3 is 1.59 bits per heavy atom. The lowest BCUT2D eigenvalue weighted by Gasteiger charge is -2.49. The van der Waals surface area contributed by atoms with Crippen molar-refractivity contribution in [1.82, 2.24) is 10.7 Å². The summed E-state index contributed by atoms with van der Waals surface area (Å²) in [6, 6.07) is 6.03. The van der Waals surface area contributed by atoms with Crippen molar-refractivity contribution in [2.24, 2.45) is 5.10 Å². The molecule has 2 saturated heterocycles. The average molecular weight is 814 g/mol. The Balaban J connectivity index is 2.09. The minimum absolute atomic E-state index is 0.0420. The van der Waals surface area contributed by atoms with Gasteiger partial charge in [0.1, 0.15) is 37.3 Å². The molecular weight excluding hydrogens is 770 g/mol. The van der Waals surface area contributed by atoms with E-state index in [1.54, 1.807) is 12.1 Å². The minimum Gasteiger partial charge on any atom is -0.508 e. The van der Waals surface area contributed by atoms with Gasteiger partial charge >= 0.3 is 41.8 Å². The van der Waals surface area contributed by atoms with Crippen LogP contribution in [0.4, 0.5) is 0 Å². The highest BCUT2D eigenvalue weighted by molar-refractivity contribution is 7.80. The van der Waals surface area contributed by atoms with Crippen LogP contribution in [0.15, 0.2) is 29.4 Å². The topological polar surface area (TPSA) is 268 Å². The number of carbonyl (C=O) groups is 7. The number of ether oxygens (including phenoxy) is 10. The van der Waals surface area contributed by atoms with Gasteiger partial charge in [-0.05, 0) is 42.0 Å². The number of hydrogen-bond acceptors (Lipinski definition) is 20. The van der Waals surface area contributed by atoms with Gasteiger partial charge in [0.25, 0.3) is 0 Å². The number of esters is 7. The fourth-order valence-electron chi connectivity index (χ4n) is 5.52. The summed E-state index contributed by atoms with van der Waals surface area (Å²) < 4.78 is 56.5. The number of hydrazone groups is 1. The van der Waals surface area contributed by atoms with Gasteiger partial charge in [0.2, 0.25) is 0 Å². The molecule has 21 nitrogen and oxygen atoms in total. The molecule has 22 heteroatoms. The summed E-state index contributed by atoms with van der Waals surface area (Å²) in [6.45, 7) is 6.19. The van der Waals surface area contributed by atoms with Crippen molar-refractivity contribution in [2.75, 3.05) is 13.2 Å². The monoisotopic (exact) mass is 813 g/mol. The van der Waals surface area contributed by atoms with Crippen LogP contribution < -0.4 is 10.7 Å². The predicted molar refractivity (Wildman–Crippen MR) is 188 cm³/mol. The summed E-state index contributed by atoms with van der Waals surface area (Å²) in [6.07, 6.45) is -14.5. The zero-order valence-electron chi connectivity index (χ0n) is 31.3. The van der Waals surface area contributed by atoms with Crippen molar-refractivity contribution in [1.29, 1.82) is 0 Å². The number of rotatable bonds is 14. The number of carbonyl (C=O) groups excluding carboxylic acids is 7. The predicted octanol–water partition coefficient (Wildman–Crippen LogP) is -0.190. The Labute approximate surface area is 325 Å². The Hall–Kier alpha value is -5.45. The maximum absolute atomic E-state index is 12.6. The second-order valence-electron chi connectivity index (χ2n) is 12.1. The van der Waals surface area contributed by atoms with Crippen molar-refractivity contribution in [3.63, 3.8) is 0 Å². The molecular formula is C34H43N3O18S. The first-order valence-corrected chi connectivity index (χ1v) is 17.2. The van der Waals surface area contributed by atoms with Crippen LogP contribution in [0, 0.1) is 0 Å². The third kappa shape index (κ3) is 14.0. The second kappa shape index (κ2) is 21.0. The highest BCUT2D eigenvalue weighted by atomic mass is 32.1. The highest BCUT2D eigenvalue weighted by Gasteiger charge is 2.57. The molecule has 1 aromatic rings. The quantitative estimate of drug-likeness (QED) is 0.0722. The molecule has 3 rings (SSSR count). The van der Waals surface area contributed by atoms with Gasteiger partial charge in [-0.3, -0.25) is 39.0 Å². The van der Waals surface area contributed by atoms with E-state index in [0.717, 1.165) is 48.5 Å². The number of nitrogens with one attached hydrogen (secondary N) is 2. The standard InChI is InChI=1S/C34H43N3O18S/c1-15(38)46-13-24-27(55-33-31(52-21(7)44)29(50-19(5)42)26(48-17(3)40)25(54-33)14-47-16(2)39)28(49-18(4)41)30(51-20(6)43)32(53-24)36-34(56)37-35-12-22-8-10-23(45)11-9-22/h8-12,24-33,45H,13-14H2,1-7H3,(H2,36,37,56)/b35-12+/t24-,25-,26+,27-,28+,29+,30-,31-,32-,33+/m1/s1. The van der Waals surface area contributed by atoms with E-state index in [-0.39, 0.29) is 10.9 Å². The Morgan fingerprint density at radius 1 is 0.643 bits per heavy atom. The molecule has 0 unspecified atom stereocenters. The molecule has 2 aliphatic rings. The summed E-state index contributed by atoms with van der Waals surface area (Å²) in [5.74, 6) is -6.00. The molecule has 0 bridgehead atoms. The second-order valence-corrected chi connectivity index (χ2v) is 12.6. The van der Waals surface area contributed by atoms with Crippen LogP contribution in [0.2, 0.25) is 0 Å². The van der Waals surface area contributed by atoms with Gasteiger partial charge in [-0.15, -0.1) is 0 Å². The van der Waals surface area contributed by atoms with Crippen LogP contribution in [0.3, 0.4) is 0 Å². The lowest BCUT2D eigenvalue weighted by molar-refractivity contribution is -0.345. The van der Waals surface area contributed by atoms with Gasteiger partial charge < -0.3 is 57.8 Å². The molecule has 0 radical (unpaired) electrons. The molecule has 2 aliphatic heterocycles. The number of phenols is 1. The fraction of sp³-hybridized carbons (Fsp3) is 0.559. The normalized spacial score (nSPS) is 27.1. The van der Waals surface area contributed by atoms with E-state index in [9.17, 15) is 38.7 Å².